The quantitative estimate of drug-likeness (QED) is 0.814. The number of ether oxygens (including phenoxy) is 1. The average Bonchev–Trinajstić information content (AvgIpc) is 2.60. The Balaban J connectivity index is 1.63. The lowest BCUT2D eigenvalue weighted by molar-refractivity contribution is 0.297. The molecule has 0 aromatic heterocycles. The molecule has 1 atom stereocenters. The summed E-state index contributed by atoms with van der Waals surface area (Å²) in [6, 6.07) is 9.18. The fourth-order valence-electron chi connectivity index (χ4n) is 2.32. The Morgan fingerprint density at radius 1 is 1.27 bits per heavy atom. The third kappa shape index (κ3) is 1.74. The largest absolute Gasteiger partial charge is 0.493 e. The highest BCUT2D eigenvalue weighted by molar-refractivity contribution is 5.39. The Labute approximate surface area is 90.6 Å². The maximum atomic E-state index is 5.66. The Hall–Kier alpha value is -1.02. The lowest BCUT2D eigenvalue weighted by Crippen LogP contribution is -2.37. The van der Waals surface area contributed by atoms with Crippen LogP contribution in [0.15, 0.2) is 24.3 Å². The molecule has 2 aliphatic rings. The molecule has 1 fully saturated rings. The van der Waals surface area contributed by atoms with Crippen LogP contribution in [0.1, 0.15) is 30.7 Å². The summed E-state index contributed by atoms with van der Waals surface area (Å²) in [4.78, 5) is 0. The van der Waals surface area contributed by atoms with Crippen LogP contribution < -0.4 is 10.1 Å². The van der Waals surface area contributed by atoms with E-state index in [1.54, 1.807) is 0 Å². The third-order valence-electron chi connectivity index (χ3n) is 3.56. The van der Waals surface area contributed by atoms with Gasteiger partial charge in [0.25, 0.3) is 0 Å². The summed E-state index contributed by atoms with van der Waals surface area (Å²) in [5, 5.41) is 3.62. The molecule has 3 rings (SSSR count). The van der Waals surface area contributed by atoms with Crippen molar-refractivity contribution in [3.8, 4) is 5.75 Å². The molecule has 0 saturated heterocycles. The smallest absolute Gasteiger partial charge is 0.122 e. The Morgan fingerprint density at radius 3 is 2.93 bits per heavy atom. The standard InChI is InChI=1S/C13H17NO/c1-2-7-13-12(6-1)10(9-15-13)8-14-11-4-3-5-11/h1-2,6-7,10-11,14H,3-5,8-9H2. The summed E-state index contributed by atoms with van der Waals surface area (Å²) < 4.78 is 5.66. The monoisotopic (exact) mass is 203 g/mol. The van der Waals surface area contributed by atoms with Crippen LogP contribution in [-0.4, -0.2) is 19.2 Å². The molecule has 2 heteroatoms. The van der Waals surface area contributed by atoms with Gasteiger partial charge in [0.2, 0.25) is 0 Å². The zero-order valence-electron chi connectivity index (χ0n) is 8.91. The highest BCUT2D eigenvalue weighted by Gasteiger charge is 2.25. The first-order valence-corrected chi connectivity index (χ1v) is 5.88. The highest BCUT2D eigenvalue weighted by atomic mass is 16.5. The number of para-hydroxylation sites is 1. The molecule has 1 heterocycles. The van der Waals surface area contributed by atoms with Crippen LogP contribution in [-0.2, 0) is 0 Å². The van der Waals surface area contributed by atoms with E-state index in [-0.39, 0.29) is 0 Å². The van der Waals surface area contributed by atoms with E-state index in [9.17, 15) is 0 Å². The van der Waals surface area contributed by atoms with Crippen molar-refractivity contribution < 1.29 is 4.74 Å². The van der Waals surface area contributed by atoms with Gasteiger partial charge in [-0.3, -0.25) is 0 Å². The van der Waals surface area contributed by atoms with Crippen molar-refractivity contribution in [1.82, 2.24) is 5.32 Å². The van der Waals surface area contributed by atoms with Gasteiger partial charge < -0.3 is 10.1 Å². The minimum absolute atomic E-state index is 0.557. The predicted octanol–water partition coefficient (Wildman–Crippen LogP) is 2.30. The number of hydrogen-bond donors (Lipinski definition) is 1. The van der Waals surface area contributed by atoms with Gasteiger partial charge in [0, 0.05) is 24.1 Å². The minimum atomic E-state index is 0.557. The van der Waals surface area contributed by atoms with Crippen molar-refractivity contribution in [1.29, 1.82) is 0 Å². The van der Waals surface area contributed by atoms with Gasteiger partial charge in [-0.25, -0.2) is 0 Å². The van der Waals surface area contributed by atoms with Crippen LogP contribution in [0.5, 0.6) is 5.75 Å². The average molecular weight is 203 g/mol. The van der Waals surface area contributed by atoms with E-state index in [4.69, 9.17) is 4.74 Å². The molecule has 0 spiro atoms. The highest BCUT2D eigenvalue weighted by Crippen LogP contribution is 2.33. The topological polar surface area (TPSA) is 21.3 Å². The molecular formula is C13H17NO. The number of hydrogen-bond acceptors (Lipinski definition) is 2. The fraction of sp³-hybridized carbons (Fsp3) is 0.538. The number of nitrogens with one attached hydrogen (secondary N) is 1. The van der Waals surface area contributed by atoms with Gasteiger partial charge in [-0.15, -0.1) is 0 Å². The molecule has 2 nitrogen and oxygen atoms in total. The number of rotatable bonds is 3. The normalized spacial score (nSPS) is 24.4. The van der Waals surface area contributed by atoms with Crippen LogP contribution in [0.3, 0.4) is 0 Å². The molecule has 1 saturated carbocycles. The summed E-state index contributed by atoms with van der Waals surface area (Å²) in [7, 11) is 0. The molecule has 80 valence electrons. The Bertz CT molecular complexity index is 346. The first-order valence-electron chi connectivity index (χ1n) is 5.88. The molecule has 1 unspecified atom stereocenters. The van der Waals surface area contributed by atoms with Crippen molar-refractivity contribution in [2.45, 2.75) is 31.2 Å². The lowest BCUT2D eigenvalue weighted by Gasteiger charge is -2.27. The van der Waals surface area contributed by atoms with E-state index in [0.717, 1.165) is 24.9 Å². The molecule has 1 aromatic rings. The molecule has 0 amide bonds. The van der Waals surface area contributed by atoms with Crippen molar-refractivity contribution >= 4 is 0 Å². The van der Waals surface area contributed by atoms with E-state index >= 15 is 0 Å². The SMILES string of the molecule is c1ccc2c(c1)OCC2CNC1CCC1. The first kappa shape index (κ1) is 9.22. The van der Waals surface area contributed by atoms with E-state index in [1.807, 2.05) is 6.07 Å². The summed E-state index contributed by atoms with van der Waals surface area (Å²) in [5.41, 5.74) is 1.38. The molecule has 1 aliphatic carbocycles. The van der Waals surface area contributed by atoms with E-state index in [1.165, 1.54) is 24.8 Å². The first-order chi connectivity index (χ1) is 7.43. The maximum Gasteiger partial charge on any atom is 0.122 e. The molecular weight excluding hydrogens is 186 g/mol. The van der Waals surface area contributed by atoms with Gasteiger partial charge in [-0.05, 0) is 18.9 Å². The van der Waals surface area contributed by atoms with E-state index in [0.29, 0.717) is 5.92 Å². The van der Waals surface area contributed by atoms with Gasteiger partial charge in [-0.2, -0.15) is 0 Å². The zero-order valence-corrected chi connectivity index (χ0v) is 8.91. The summed E-state index contributed by atoms with van der Waals surface area (Å²) in [5.74, 6) is 1.64. The van der Waals surface area contributed by atoms with Crippen molar-refractivity contribution in [3.05, 3.63) is 29.8 Å². The Morgan fingerprint density at radius 2 is 2.13 bits per heavy atom. The van der Waals surface area contributed by atoms with Gasteiger partial charge >= 0.3 is 0 Å². The van der Waals surface area contributed by atoms with Crippen LogP contribution in [0.25, 0.3) is 0 Å². The van der Waals surface area contributed by atoms with Gasteiger partial charge in [0.15, 0.2) is 0 Å². The van der Waals surface area contributed by atoms with Crippen molar-refractivity contribution in [2.75, 3.05) is 13.2 Å². The minimum Gasteiger partial charge on any atom is -0.493 e. The van der Waals surface area contributed by atoms with Crippen LogP contribution >= 0.6 is 0 Å². The van der Waals surface area contributed by atoms with Gasteiger partial charge in [-0.1, -0.05) is 24.6 Å². The second kappa shape index (κ2) is 3.86. The van der Waals surface area contributed by atoms with Crippen LogP contribution in [0.2, 0.25) is 0 Å². The van der Waals surface area contributed by atoms with Crippen LogP contribution in [0, 0.1) is 0 Å². The fourth-order valence-corrected chi connectivity index (χ4v) is 2.32. The summed E-state index contributed by atoms with van der Waals surface area (Å²) >= 11 is 0. The summed E-state index contributed by atoms with van der Waals surface area (Å²) in [6.45, 7) is 1.92. The maximum absolute atomic E-state index is 5.66. The Kier molecular flexibility index (Phi) is 2.37. The molecule has 1 aromatic carbocycles. The van der Waals surface area contributed by atoms with Gasteiger partial charge in [0.1, 0.15) is 5.75 Å². The van der Waals surface area contributed by atoms with Crippen LogP contribution in [0.4, 0.5) is 0 Å². The number of benzene rings is 1. The van der Waals surface area contributed by atoms with Crippen molar-refractivity contribution in [3.63, 3.8) is 0 Å². The predicted molar refractivity (Wildman–Crippen MR) is 60.3 cm³/mol. The zero-order chi connectivity index (χ0) is 10.1. The second-order valence-electron chi connectivity index (χ2n) is 4.58. The lowest BCUT2D eigenvalue weighted by atomic mass is 9.92. The number of fused-ring (bicyclic) bond motifs is 1. The second-order valence-corrected chi connectivity index (χ2v) is 4.58. The molecule has 15 heavy (non-hydrogen) atoms. The molecule has 1 N–H and O–H groups in total. The van der Waals surface area contributed by atoms with E-state index < -0.39 is 0 Å². The third-order valence-corrected chi connectivity index (χ3v) is 3.56. The molecule has 1 aliphatic heterocycles. The van der Waals surface area contributed by atoms with E-state index in [2.05, 4.69) is 23.5 Å². The van der Waals surface area contributed by atoms with Crippen molar-refractivity contribution in [2.24, 2.45) is 0 Å². The molecule has 0 bridgehead atoms. The molecule has 0 radical (unpaired) electrons. The van der Waals surface area contributed by atoms with Gasteiger partial charge in [0.05, 0.1) is 6.61 Å². The summed E-state index contributed by atoms with van der Waals surface area (Å²) in [6.07, 6.45) is 4.11.